The third-order valence-corrected chi connectivity index (χ3v) is 6.39. The average molecular weight is 483 g/mol. The van der Waals surface area contributed by atoms with Crippen LogP contribution in [0.25, 0.3) is 22.5 Å². The summed E-state index contributed by atoms with van der Waals surface area (Å²) in [5, 5.41) is 7.22. The number of anilines is 1. The van der Waals surface area contributed by atoms with Crippen LogP contribution in [0.2, 0.25) is 0 Å². The maximum atomic E-state index is 11.8. The van der Waals surface area contributed by atoms with Crippen molar-refractivity contribution in [1.29, 1.82) is 0 Å². The second kappa shape index (κ2) is 7.10. The van der Waals surface area contributed by atoms with Crippen molar-refractivity contribution < 1.29 is 9.21 Å². The summed E-state index contributed by atoms with van der Waals surface area (Å²) < 4.78 is 7.60. The molecule has 1 saturated carbocycles. The SMILES string of the molecule is CNC(=O)c1coc(-c2cnc3c(ccn3SI)c2NC2CC(C)C2)n1. The lowest BCUT2D eigenvalue weighted by Gasteiger charge is -2.34. The molecule has 1 aliphatic rings. The van der Waals surface area contributed by atoms with E-state index in [1.807, 2.05) is 16.2 Å². The van der Waals surface area contributed by atoms with Gasteiger partial charge in [-0.15, -0.1) is 0 Å². The first-order valence-electron chi connectivity index (χ1n) is 8.34. The lowest BCUT2D eigenvalue weighted by molar-refractivity contribution is 0.0958. The van der Waals surface area contributed by atoms with Crippen LogP contribution in [0.4, 0.5) is 5.69 Å². The van der Waals surface area contributed by atoms with E-state index in [9.17, 15) is 4.79 Å². The maximum absolute atomic E-state index is 11.8. The van der Waals surface area contributed by atoms with E-state index in [1.54, 1.807) is 22.4 Å². The maximum Gasteiger partial charge on any atom is 0.272 e. The van der Waals surface area contributed by atoms with E-state index in [0.29, 0.717) is 11.9 Å². The summed E-state index contributed by atoms with van der Waals surface area (Å²) in [7, 11) is 3.14. The van der Waals surface area contributed by atoms with Gasteiger partial charge in [0.15, 0.2) is 11.3 Å². The summed E-state index contributed by atoms with van der Waals surface area (Å²) in [6.45, 7) is 2.26. The Morgan fingerprint density at radius 1 is 1.46 bits per heavy atom. The van der Waals surface area contributed by atoms with Gasteiger partial charge >= 0.3 is 0 Å². The summed E-state index contributed by atoms with van der Waals surface area (Å²) in [4.78, 5) is 20.7. The highest BCUT2D eigenvalue weighted by Crippen LogP contribution is 2.39. The third-order valence-electron chi connectivity index (χ3n) is 4.67. The standard InChI is InChI=1S/C17H18IN5O2S/c1-9-5-10(6-9)21-14-11-3-4-23(26-18)15(11)20-7-12(14)17-22-13(8-25-17)16(24)19-2/h3-4,7-10H,5-6H2,1-2H3,(H,19,24)(H,20,21). The van der Waals surface area contributed by atoms with E-state index in [0.717, 1.165) is 41.0 Å². The molecule has 136 valence electrons. The summed E-state index contributed by atoms with van der Waals surface area (Å²) in [5.74, 6) is 0.857. The number of carbonyl (C=O) groups excluding carboxylic acids is 1. The topological polar surface area (TPSA) is 85.0 Å². The molecule has 0 spiro atoms. The molecule has 1 fully saturated rings. The van der Waals surface area contributed by atoms with Gasteiger partial charge in [-0.1, -0.05) is 6.92 Å². The van der Waals surface area contributed by atoms with Crippen LogP contribution in [0.15, 0.2) is 29.1 Å². The van der Waals surface area contributed by atoms with Crippen molar-refractivity contribution in [2.75, 3.05) is 12.4 Å². The number of oxazole rings is 1. The quantitative estimate of drug-likeness (QED) is 0.532. The fourth-order valence-corrected chi connectivity index (χ4v) is 4.56. The second-order valence-corrected chi connectivity index (χ2v) is 8.24. The van der Waals surface area contributed by atoms with Crippen LogP contribution in [-0.4, -0.2) is 32.9 Å². The summed E-state index contributed by atoms with van der Waals surface area (Å²) >= 11 is 2.24. The minimum atomic E-state index is -0.274. The van der Waals surface area contributed by atoms with Crippen LogP contribution in [0.5, 0.6) is 0 Å². The molecule has 3 aromatic rings. The lowest BCUT2D eigenvalue weighted by atomic mass is 9.81. The molecule has 0 bridgehead atoms. The van der Waals surface area contributed by atoms with Gasteiger partial charge < -0.3 is 15.1 Å². The largest absolute Gasteiger partial charge is 0.443 e. The number of amides is 1. The Bertz CT molecular complexity index is 963. The van der Waals surface area contributed by atoms with E-state index < -0.39 is 0 Å². The van der Waals surface area contributed by atoms with Crippen molar-refractivity contribution >= 4 is 53.0 Å². The Morgan fingerprint density at radius 3 is 2.96 bits per heavy atom. The molecule has 3 aromatic heterocycles. The fourth-order valence-electron chi connectivity index (χ4n) is 3.29. The van der Waals surface area contributed by atoms with Gasteiger partial charge in [-0.25, -0.2) is 9.97 Å². The van der Waals surface area contributed by atoms with Crippen molar-refractivity contribution in [2.24, 2.45) is 5.92 Å². The molecule has 4 rings (SSSR count). The molecule has 0 saturated heterocycles. The molecule has 0 radical (unpaired) electrons. The predicted molar refractivity (Wildman–Crippen MR) is 111 cm³/mol. The van der Waals surface area contributed by atoms with Crippen LogP contribution in [0, 0.1) is 5.92 Å². The second-order valence-electron chi connectivity index (χ2n) is 6.53. The van der Waals surface area contributed by atoms with Crippen LogP contribution in [0.3, 0.4) is 0 Å². The zero-order valence-corrected chi connectivity index (χ0v) is 17.3. The van der Waals surface area contributed by atoms with E-state index in [4.69, 9.17) is 4.42 Å². The van der Waals surface area contributed by atoms with Gasteiger partial charge in [0, 0.05) is 61.2 Å². The lowest BCUT2D eigenvalue weighted by Crippen LogP contribution is -2.34. The van der Waals surface area contributed by atoms with Crippen LogP contribution in [-0.2, 0) is 0 Å². The zero-order valence-electron chi connectivity index (χ0n) is 14.3. The monoisotopic (exact) mass is 483 g/mol. The van der Waals surface area contributed by atoms with Crippen LogP contribution >= 0.6 is 30.3 Å². The molecule has 3 heterocycles. The molecule has 0 unspecified atom stereocenters. The molecular formula is C17H18IN5O2S. The van der Waals surface area contributed by atoms with Crippen LogP contribution in [0.1, 0.15) is 30.3 Å². The minimum Gasteiger partial charge on any atom is -0.443 e. The van der Waals surface area contributed by atoms with Gasteiger partial charge in [0.2, 0.25) is 5.89 Å². The molecule has 9 heteroatoms. The number of hydrogen-bond acceptors (Lipinski definition) is 6. The highest BCUT2D eigenvalue weighted by molar-refractivity contribution is 14.2. The van der Waals surface area contributed by atoms with E-state index in [2.05, 4.69) is 48.7 Å². The number of hydrogen-bond donors (Lipinski definition) is 2. The Morgan fingerprint density at radius 2 is 2.27 bits per heavy atom. The molecule has 0 aromatic carbocycles. The molecule has 26 heavy (non-hydrogen) atoms. The molecule has 7 nitrogen and oxygen atoms in total. The number of nitrogens with one attached hydrogen (secondary N) is 2. The zero-order chi connectivity index (χ0) is 18.3. The van der Waals surface area contributed by atoms with Crippen molar-refractivity contribution in [2.45, 2.75) is 25.8 Å². The van der Waals surface area contributed by atoms with Gasteiger partial charge in [0.25, 0.3) is 5.91 Å². The molecular weight excluding hydrogens is 465 g/mol. The minimum absolute atomic E-state index is 0.256. The summed E-state index contributed by atoms with van der Waals surface area (Å²) in [6, 6.07) is 2.48. The van der Waals surface area contributed by atoms with E-state index >= 15 is 0 Å². The highest BCUT2D eigenvalue weighted by atomic mass is 127. The Balaban J connectivity index is 1.80. The summed E-state index contributed by atoms with van der Waals surface area (Å²) in [5.41, 5.74) is 2.87. The summed E-state index contributed by atoms with van der Waals surface area (Å²) in [6.07, 6.45) is 7.41. The molecule has 2 N–H and O–H groups in total. The first-order valence-corrected chi connectivity index (χ1v) is 11.7. The van der Waals surface area contributed by atoms with Crippen molar-refractivity contribution in [1.82, 2.24) is 19.3 Å². The number of carbonyl (C=O) groups is 1. The average Bonchev–Trinajstić information content (AvgIpc) is 3.26. The predicted octanol–water partition coefficient (Wildman–Crippen LogP) is 4.11. The smallest absolute Gasteiger partial charge is 0.272 e. The number of fused-ring (bicyclic) bond motifs is 1. The van der Waals surface area contributed by atoms with Crippen molar-refractivity contribution in [3.05, 3.63) is 30.4 Å². The third kappa shape index (κ3) is 3.07. The van der Waals surface area contributed by atoms with Gasteiger partial charge in [-0.2, -0.15) is 0 Å². The van der Waals surface area contributed by atoms with Crippen LogP contribution < -0.4 is 10.6 Å². The molecule has 0 aliphatic heterocycles. The first-order chi connectivity index (χ1) is 12.6. The van der Waals surface area contributed by atoms with Gasteiger partial charge in [-0.3, -0.25) is 8.77 Å². The Labute approximate surface area is 167 Å². The molecule has 1 amide bonds. The van der Waals surface area contributed by atoms with Gasteiger partial charge in [0.05, 0.1) is 11.3 Å². The van der Waals surface area contributed by atoms with E-state index in [1.165, 1.54) is 6.26 Å². The number of halogens is 1. The number of pyridine rings is 1. The highest BCUT2D eigenvalue weighted by Gasteiger charge is 2.28. The van der Waals surface area contributed by atoms with Gasteiger partial charge in [0.1, 0.15) is 6.26 Å². The van der Waals surface area contributed by atoms with Crippen molar-refractivity contribution in [3.8, 4) is 11.5 Å². The fraction of sp³-hybridized carbons (Fsp3) is 0.353. The van der Waals surface area contributed by atoms with Gasteiger partial charge in [-0.05, 0) is 24.8 Å². The Kier molecular flexibility index (Phi) is 4.82. The molecule has 0 atom stereocenters. The Hall–Kier alpha value is -1.75. The normalized spacial score (nSPS) is 19.3. The van der Waals surface area contributed by atoms with E-state index in [-0.39, 0.29) is 11.6 Å². The number of rotatable bonds is 5. The molecule has 1 aliphatic carbocycles. The van der Waals surface area contributed by atoms with Crippen molar-refractivity contribution in [3.63, 3.8) is 0 Å². The number of aromatic nitrogens is 3. The number of nitrogens with zero attached hydrogens (tertiary/aromatic N) is 3. The first kappa shape index (κ1) is 17.7.